The molecule has 0 saturated heterocycles. The standard InChI is InChI=1S/C22H23N3O4/c1-14-10-15(2)20(16(3)11-14)23-19(26)13-29-22(27)21-18(28-4)12-25(24-21)17-8-6-5-7-9-17/h5-12H,13H2,1-4H3,(H,23,26). The maximum atomic E-state index is 12.4. The molecule has 7 heteroatoms. The number of carbonyl (C=O) groups is 2. The lowest BCUT2D eigenvalue weighted by Crippen LogP contribution is -2.22. The lowest BCUT2D eigenvalue weighted by Gasteiger charge is -2.12. The quantitative estimate of drug-likeness (QED) is 0.647. The van der Waals surface area contributed by atoms with Crippen LogP contribution in [0.3, 0.4) is 0 Å². The second-order valence-electron chi connectivity index (χ2n) is 6.72. The van der Waals surface area contributed by atoms with E-state index < -0.39 is 18.5 Å². The smallest absolute Gasteiger partial charge is 0.363 e. The third kappa shape index (κ3) is 4.63. The van der Waals surface area contributed by atoms with Gasteiger partial charge in [-0.1, -0.05) is 35.9 Å². The lowest BCUT2D eigenvalue weighted by atomic mass is 10.1. The molecule has 150 valence electrons. The monoisotopic (exact) mass is 393 g/mol. The molecule has 0 spiro atoms. The molecule has 0 bridgehead atoms. The van der Waals surface area contributed by atoms with E-state index >= 15 is 0 Å². The number of hydrogen-bond donors (Lipinski definition) is 1. The SMILES string of the molecule is COc1cn(-c2ccccc2)nc1C(=O)OCC(=O)Nc1c(C)cc(C)cc1C. The zero-order valence-electron chi connectivity index (χ0n) is 16.9. The molecule has 1 amide bonds. The highest BCUT2D eigenvalue weighted by Gasteiger charge is 2.21. The van der Waals surface area contributed by atoms with Crippen LogP contribution in [0.15, 0.2) is 48.7 Å². The molecular formula is C22H23N3O4. The molecule has 0 aliphatic rings. The molecule has 0 saturated carbocycles. The van der Waals surface area contributed by atoms with E-state index in [1.54, 1.807) is 6.20 Å². The summed E-state index contributed by atoms with van der Waals surface area (Å²) in [4.78, 5) is 24.7. The van der Waals surface area contributed by atoms with E-state index in [0.717, 1.165) is 28.1 Å². The minimum Gasteiger partial charge on any atom is -0.493 e. The average Bonchev–Trinajstić information content (AvgIpc) is 3.14. The Morgan fingerprint density at radius 3 is 2.34 bits per heavy atom. The van der Waals surface area contributed by atoms with Crippen LogP contribution in [0.1, 0.15) is 27.2 Å². The first-order chi connectivity index (χ1) is 13.9. The van der Waals surface area contributed by atoms with Crippen LogP contribution in [0, 0.1) is 20.8 Å². The Bertz CT molecular complexity index is 1020. The second kappa shape index (κ2) is 8.60. The van der Waals surface area contributed by atoms with E-state index in [-0.39, 0.29) is 11.4 Å². The van der Waals surface area contributed by atoms with E-state index in [2.05, 4.69) is 10.4 Å². The number of rotatable bonds is 6. The Kier molecular flexibility index (Phi) is 5.97. The number of amides is 1. The van der Waals surface area contributed by atoms with Crippen molar-refractivity contribution in [2.45, 2.75) is 20.8 Å². The number of aromatic nitrogens is 2. The van der Waals surface area contributed by atoms with Crippen LogP contribution in [0.25, 0.3) is 5.69 Å². The number of anilines is 1. The molecule has 7 nitrogen and oxygen atoms in total. The molecule has 0 aliphatic carbocycles. The van der Waals surface area contributed by atoms with Crippen LogP contribution in [-0.2, 0) is 9.53 Å². The maximum Gasteiger partial charge on any atom is 0.363 e. The number of nitrogens with zero attached hydrogens (tertiary/aromatic N) is 2. The highest BCUT2D eigenvalue weighted by molar-refractivity contribution is 5.96. The van der Waals surface area contributed by atoms with Gasteiger partial charge in [0.15, 0.2) is 12.4 Å². The molecule has 0 aliphatic heterocycles. The van der Waals surface area contributed by atoms with Gasteiger partial charge in [-0.25, -0.2) is 9.48 Å². The predicted molar refractivity (Wildman–Crippen MR) is 110 cm³/mol. The second-order valence-corrected chi connectivity index (χ2v) is 6.72. The summed E-state index contributed by atoms with van der Waals surface area (Å²) < 4.78 is 11.9. The van der Waals surface area contributed by atoms with Crippen molar-refractivity contribution in [2.75, 3.05) is 19.0 Å². The van der Waals surface area contributed by atoms with E-state index in [4.69, 9.17) is 9.47 Å². The van der Waals surface area contributed by atoms with Gasteiger partial charge in [-0.3, -0.25) is 4.79 Å². The number of aryl methyl sites for hydroxylation is 3. The molecular weight excluding hydrogens is 370 g/mol. The van der Waals surface area contributed by atoms with Crippen LogP contribution in [-0.4, -0.2) is 35.4 Å². The number of methoxy groups -OCH3 is 1. The van der Waals surface area contributed by atoms with Crippen LogP contribution in [0.2, 0.25) is 0 Å². The molecule has 1 N–H and O–H groups in total. The summed E-state index contributed by atoms with van der Waals surface area (Å²) in [5.74, 6) is -0.886. The van der Waals surface area contributed by atoms with Crippen molar-refractivity contribution >= 4 is 17.6 Å². The normalized spacial score (nSPS) is 10.5. The van der Waals surface area contributed by atoms with Crippen molar-refractivity contribution < 1.29 is 19.1 Å². The third-order valence-electron chi connectivity index (χ3n) is 4.39. The molecule has 2 aromatic carbocycles. The lowest BCUT2D eigenvalue weighted by molar-refractivity contribution is -0.119. The summed E-state index contributed by atoms with van der Waals surface area (Å²) in [6, 6.07) is 13.3. The van der Waals surface area contributed by atoms with Gasteiger partial charge in [-0.2, -0.15) is 5.10 Å². The number of nitrogens with one attached hydrogen (secondary N) is 1. The first-order valence-electron chi connectivity index (χ1n) is 9.13. The fraction of sp³-hybridized carbons (Fsp3) is 0.227. The zero-order valence-corrected chi connectivity index (χ0v) is 16.9. The number of hydrogen-bond acceptors (Lipinski definition) is 5. The molecule has 0 radical (unpaired) electrons. The Balaban J connectivity index is 1.68. The van der Waals surface area contributed by atoms with Crippen molar-refractivity contribution in [1.29, 1.82) is 0 Å². The van der Waals surface area contributed by atoms with Crippen molar-refractivity contribution in [3.63, 3.8) is 0 Å². The van der Waals surface area contributed by atoms with E-state index in [0.29, 0.717) is 0 Å². The van der Waals surface area contributed by atoms with Gasteiger partial charge in [0.25, 0.3) is 5.91 Å². The van der Waals surface area contributed by atoms with Crippen LogP contribution in [0.5, 0.6) is 5.75 Å². The van der Waals surface area contributed by atoms with Gasteiger partial charge in [0.1, 0.15) is 0 Å². The average molecular weight is 393 g/mol. The minimum absolute atomic E-state index is 0.00634. The summed E-state index contributed by atoms with van der Waals surface area (Å²) in [5.41, 5.74) is 4.52. The van der Waals surface area contributed by atoms with Crippen molar-refractivity contribution in [1.82, 2.24) is 9.78 Å². The largest absolute Gasteiger partial charge is 0.493 e. The van der Waals surface area contributed by atoms with Crippen LogP contribution >= 0.6 is 0 Å². The van der Waals surface area contributed by atoms with E-state index in [9.17, 15) is 9.59 Å². The fourth-order valence-corrected chi connectivity index (χ4v) is 3.11. The topological polar surface area (TPSA) is 82.5 Å². The van der Waals surface area contributed by atoms with Gasteiger partial charge in [-0.15, -0.1) is 0 Å². The van der Waals surface area contributed by atoms with Gasteiger partial charge in [0.05, 0.1) is 19.0 Å². The predicted octanol–water partition coefficient (Wildman–Crippen LogP) is 3.60. The molecule has 3 rings (SSSR count). The number of ether oxygens (including phenoxy) is 2. The highest BCUT2D eigenvalue weighted by atomic mass is 16.5. The molecule has 3 aromatic rings. The Hall–Kier alpha value is -3.61. The Labute approximate surface area is 169 Å². The maximum absolute atomic E-state index is 12.4. The first-order valence-corrected chi connectivity index (χ1v) is 9.13. The summed E-state index contributed by atoms with van der Waals surface area (Å²) in [5, 5.41) is 7.04. The van der Waals surface area contributed by atoms with Crippen LogP contribution < -0.4 is 10.1 Å². The summed E-state index contributed by atoms with van der Waals surface area (Å²) >= 11 is 0. The van der Waals surface area contributed by atoms with Crippen molar-refractivity contribution in [3.8, 4) is 11.4 Å². The highest BCUT2D eigenvalue weighted by Crippen LogP contribution is 2.22. The summed E-state index contributed by atoms with van der Waals surface area (Å²) in [7, 11) is 1.44. The van der Waals surface area contributed by atoms with Gasteiger partial charge >= 0.3 is 5.97 Å². The zero-order chi connectivity index (χ0) is 21.0. The minimum atomic E-state index is -0.732. The fourth-order valence-electron chi connectivity index (χ4n) is 3.11. The Morgan fingerprint density at radius 1 is 1.07 bits per heavy atom. The van der Waals surface area contributed by atoms with Gasteiger partial charge in [0.2, 0.25) is 5.69 Å². The Morgan fingerprint density at radius 2 is 1.72 bits per heavy atom. The molecule has 0 atom stereocenters. The number of esters is 1. The molecule has 0 fully saturated rings. The third-order valence-corrected chi connectivity index (χ3v) is 4.39. The molecule has 0 unspecified atom stereocenters. The number of para-hydroxylation sites is 1. The number of carbonyl (C=O) groups excluding carboxylic acids is 2. The summed E-state index contributed by atoms with van der Waals surface area (Å²) in [6.45, 7) is 5.41. The van der Waals surface area contributed by atoms with E-state index in [1.807, 2.05) is 63.2 Å². The van der Waals surface area contributed by atoms with E-state index in [1.165, 1.54) is 11.8 Å². The summed E-state index contributed by atoms with van der Waals surface area (Å²) in [6.07, 6.45) is 1.59. The van der Waals surface area contributed by atoms with Gasteiger partial charge < -0.3 is 14.8 Å². The first kappa shape index (κ1) is 20.1. The molecule has 1 heterocycles. The molecule has 1 aromatic heterocycles. The van der Waals surface area contributed by atoms with Crippen molar-refractivity contribution in [2.24, 2.45) is 0 Å². The van der Waals surface area contributed by atoms with Gasteiger partial charge in [-0.05, 0) is 44.0 Å². The van der Waals surface area contributed by atoms with Crippen LogP contribution in [0.4, 0.5) is 5.69 Å². The van der Waals surface area contributed by atoms with Crippen molar-refractivity contribution in [3.05, 3.63) is 71.0 Å². The number of benzene rings is 2. The van der Waals surface area contributed by atoms with Gasteiger partial charge in [0, 0.05) is 5.69 Å². The molecule has 29 heavy (non-hydrogen) atoms.